The van der Waals surface area contributed by atoms with Crippen LogP contribution in [0.15, 0.2) is 36.4 Å². The molecule has 0 radical (unpaired) electrons. The highest BCUT2D eigenvalue weighted by Crippen LogP contribution is 2.39. The smallest absolute Gasteiger partial charge is 0.328 e. The fraction of sp³-hybridized carbons (Fsp3) is 0.320. The number of likely N-dealkylation sites (N-methyl/N-ethyl adjacent to an activating group) is 2. The van der Waals surface area contributed by atoms with Gasteiger partial charge in [-0.15, -0.1) is 0 Å². The minimum absolute atomic E-state index is 0.0523. The van der Waals surface area contributed by atoms with Gasteiger partial charge < -0.3 is 15.5 Å². The van der Waals surface area contributed by atoms with Crippen molar-refractivity contribution in [3.05, 3.63) is 65.0 Å². The summed E-state index contributed by atoms with van der Waals surface area (Å²) in [5.74, 6) is -1.79. The molecule has 7 nitrogen and oxygen atoms in total. The number of nitrogens with one attached hydrogen (secondary N) is 2. The fourth-order valence-corrected chi connectivity index (χ4v) is 4.10. The van der Waals surface area contributed by atoms with Crippen LogP contribution in [0.25, 0.3) is 11.3 Å². The summed E-state index contributed by atoms with van der Waals surface area (Å²) in [7, 11) is 0. The van der Waals surface area contributed by atoms with Gasteiger partial charge in [0.25, 0.3) is 0 Å². The molecule has 4 rings (SSSR count). The van der Waals surface area contributed by atoms with E-state index in [0.29, 0.717) is 48.0 Å². The van der Waals surface area contributed by atoms with Crippen LogP contribution in [-0.4, -0.2) is 42.2 Å². The second-order valence-corrected chi connectivity index (χ2v) is 8.13. The van der Waals surface area contributed by atoms with Crippen molar-refractivity contribution in [3.8, 4) is 11.3 Å². The number of rotatable bonds is 8. The van der Waals surface area contributed by atoms with Crippen LogP contribution in [0.5, 0.6) is 0 Å². The van der Waals surface area contributed by atoms with Crippen molar-refractivity contribution in [2.75, 3.05) is 36.0 Å². The zero-order valence-corrected chi connectivity index (χ0v) is 19.8. The summed E-state index contributed by atoms with van der Waals surface area (Å²) in [5, 5.41) is 5.91. The van der Waals surface area contributed by atoms with Gasteiger partial charge in [-0.3, -0.25) is 0 Å². The summed E-state index contributed by atoms with van der Waals surface area (Å²) in [5.41, 5.74) is 1.69. The molecular weight excluding hydrogens is 457 g/mol. The van der Waals surface area contributed by atoms with Crippen LogP contribution in [0.4, 0.5) is 35.4 Å². The summed E-state index contributed by atoms with van der Waals surface area (Å²) >= 11 is 0. The molecule has 0 atom stereocenters. The van der Waals surface area contributed by atoms with Gasteiger partial charge >= 0.3 is 6.03 Å². The molecule has 0 spiro atoms. The molecule has 0 bridgehead atoms. The minimum atomic E-state index is -0.896. The summed E-state index contributed by atoms with van der Waals surface area (Å²) in [6, 6.07) is 7.02. The number of aromatic nitrogens is 2. The molecule has 2 amide bonds. The van der Waals surface area contributed by atoms with Gasteiger partial charge in [0.05, 0.1) is 12.2 Å². The lowest BCUT2D eigenvalue weighted by atomic mass is 10.00. The molecule has 2 aromatic carbocycles. The number of hydrogen-bond donors (Lipinski definition) is 2. The number of carbonyl (C=O) groups is 1. The lowest BCUT2D eigenvalue weighted by Crippen LogP contribution is -2.43. The molecule has 2 heterocycles. The molecule has 184 valence electrons. The molecule has 0 saturated carbocycles. The monoisotopic (exact) mass is 484 g/mol. The molecule has 3 aromatic rings. The van der Waals surface area contributed by atoms with E-state index < -0.39 is 29.2 Å². The van der Waals surface area contributed by atoms with Crippen LogP contribution in [0.3, 0.4) is 0 Å². The highest BCUT2D eigenvalue weighted by Gasteiger charge is 2.34. The number of aryl methyl sites for hydroxylation is 1. The Labute approximate surface area is 202 Å². The largest absolute Gasteiger partial charge is 0.340 e. The maximum absolute atomic E-state index is 14.8. The Morgan fingerprint density at radius 2 is 1.86 bits per heavy atom. The molecule has 10 heteroatoms. The van der Waals surface area contributed by atoms with Gasteiger partial charge in [0.1, 0.15) is 23.1 Å². The summed E-state index contributed by atoms with van der Waals surface area (Å²) in [6.07, 6.45) is 0. The van der Waals surface area contributed by atoms with Gasteiger partial charge in [0, 0.05) is 30.8 Å². The number of para-hydroxylation sites is 1. The van der Waals surface area contributed by atoms with E-state index in [1.54, 1.807) is 13.0 Å². The van der Waals surface area contributed by atoms with Crippen molar-refractivity contribution in [3.63, 3.8) is 0 Å². The third-order valence-electron chi connectivity index (χ3n) is 5.88. The Bertz CT molecular complexity index is 1230. The Kier molecular flexibility index (Phi) is 7.20. The molecule has 0 unspecified atom stereocenters. The molecule has 0 aliphatic carbocycles. The number of halogens is 3. The number of benzene rings is 2. The predicted octanol–water partition coefficient (Wildman–Crippen LogP) is 4.67. The Balaban J connectivity index is 1.96. The molecule has 0 fully saturated rings. The molecule has 35 heavy (non-hydrogen) atoms. The number of fused-ring (bicyclic) bond motifs is 1. The minimum Gasteiger partial charge on any atom is -0.340 e. The van der Waals surface area contributed by atoms with E-state index in [4.69, 9.17) is 4.98 Å². The lowest BCUT2D eigenvalue weighted by molar-refractivity contribution is 0.246. The van der Waals surface area contributed by atoms with E-state index in [0.717, 1.165) is 23.6 Å². The zero-order valence-electron chi connectivity index (χ0n) is 19.8. The van der Waals surface area contributed by atoms with Gasteiger partial charge in [-0.05, 0) is 56.3 Å². The van der Waals surface area contributed by atoms with Crippen molar-refractivity contribution in [2.24, 2.45) is 0 Å². The maximum atomic E-state index is 14.8. The average Bonchev–Trinajstić information content (AvgIpc) is 2.82. The topological polar surface area (TPSA) is 73.4 Å². The number of carbonyl (C=O) groups excluding carboxylic acids is 1. The van der Waals surface area contributed by atoms with Gasteiger partial charge in [0.2, 0.25) is 5.95 Å². The molecule has 1 aliphatic rings. The molecular formula is C25H27F3N6O. The number of anilines is 3. The van der Waals surface area contributed by atoms with Crippen LogP contribution in [0.2, 0.25) is 0 Å². The van der Waals surface area contributed by atoms with Gasteiger partial charge in [-0.2, -0.15) is 4.98 Å². The van der Waals surface area contributed by atoms with Crippen LogP contribution in [0.1, 0.15) is 25.0 Å². The van der Waals surface area contributed by atoms with Crippen LogP contribution < -0.4 is 20.4 Å². The Morgan fingerprint density at radius 1 is 1.11 bits per heavy atom. The van der Waals surface area contributed by atoms with Crippen LogP contribution in [0, 0.1) is 24.4 Å². The van der Waals surface area contributed by atoms with Crippen LogP contribution >= 0.6 is 0 Å². The SMILES string of the molecule is CCNCCN(CC)c1nc(-c2ccc(F)cc2C)c2c(n1)N(c1c(F)cccc1F)C(=O)NC2. The number of nitrogens with zero attached hydrogens (tertiary/aromatic N) is 4. The first-order chi connectivity index (χ1) is 16.8. The quantitative estimate of drug-likeness (QED) is 0.455. The lowest BCUT2D eigenvalue weighted by Gasteiger charge is -2.32. The molecule has 1 aromatic heterocycles. The van der Waals surface area contributed by atoms with Crippen molar-refractivity contribution in [2.45, 2.75) is 27.3 Å². The van der Waals surface area contributed by atoms with Gasteiger partial charge in [-0.25, -0.2) is 27.8 Å². The van der Waals surface area contributed by atoms with Gasteiger partial charge in [0.15, 0.2) is 5.82 Å². The second kappa shape index (κ2) is 10.3. The Hall–Kier alpha value is -3.66. The van der Waals surface area contributed by atoms with Crippen molar-refractivity contribution < 1.29 is 18.0 Å². The Morgan fingerprint density at radius 3 is 2.51 bits per heavy atom. The predicted molar refractivity (Wildman–Crippen MR) is 129 cm³/mol. The number of amides is 2. The summed E-state index contributed by atoms with van der Waals surface area (Å²) in [6.45, 7) is 8.35. The van der Waals surface area contributed by atoms with Crippen molar-refractivity contribution >= 4 is 23.5 Å². The van der Waals surface area contributed by atoms with E-state index in [-0.39, 0.29) is 12.4 Å². The summed E-state index contributed by atoms with van der Waals surface area (Å²) < 4.78 is 43.5. The molecule has 0 saturated heterocycles. The molecule has 1 aliphatic heterocycles. The van der Waals surface area contributed by atoms with E-state index in [9.17, 15) is 18.0 Å². The average molecular weight is 485 g/mol. The normalized spacial score (nSPS) is 13.0. The van der Waals surface area contributed by atoms with Crippen LogP contribution in [-0.2, 0) is 6.54 Å². The van der Waals surface area contributed by atoms with E-state index in [1.807, 2.05) is 18.7 Å². The number of urea groups is 1. The standard InChI is InChI=1S/C25H27F3N6O/c1-4-29-11-12-33(5-2)24-31-21(17-10-9-16(26)13-15(17)3)18-14-30-25(35)34(23(18)32-24)22-19(27)7-6-8-20(22)28/h6-10,13,29H,4-5,11-12,14H2,1-3H3,(H,30,35). The first kappa shape index (κ1) is 24.5. The third kappa shape index (κ3) is 4.79. The zero-order chi connectivity index (χ0) is 25.1. The first-order valence-electron chi connectivity index (χ1n) is 11.5. The van der Waals surface area contributed by atoms with E-state index >= 15 is 0 Å². The maximum Gasteiger partial charge on any atom is 0.328 e. The summed E-state index contributed by atoms with van der Waals surface area (Å²) in [4.78, 5) is 25.2. The second-order valence-electron chi connectivity index (χ2n) is 8.13. The van der Waals surface area contributed by atoms with E-state index in [1.165, 1.54) is 18.2 Å². The third-order valence-corrected chi connectivity index (χ3v) is 5.88. The highest BCUT2D eigenvalue weighted by molar-refractivity contribution is 6.02. The number of hydrogen-bond acceptors (Lipinski definition) is 5. The highest BCUT2D eigenvalue weighted by atomic mass is 19.1. The fourth-order valence-electron chi connectivity index (χ4n) is 4.10. The van der Waals surface area contributed by atoms with E-state index in [2.05, 4.69) is 15.6 Å². The molecule has 2 N–H and O–H groups in total. The first-order valence-corrected chi connectivity index (χ1v) is 11.5. The van der Waals surface area contributed by atoms with Crippen molar-refractivity contribution in [1.29, 1.82) is 0 Å². The van der Waals surface area contributed by atoms with Gasteiger partial charge in [-0.1, -0.05) is 13.0 Å². The van der Waals surface area contributed by atoms with Crippen molar-refractivity contribution in [1.82, 2.24) is 20.6 Å².